The van der Waals surface area contributed by atoms with E-state index in [4.69, 9.17) is 5.26 Å². The molecule has 3 heteroatoms. The Morgan fingerprint density at radius 1 is 1.21 bits per heavy atom. The first-order valence-corrected chi connectivity index (χ1v) is 6.45. The van der Waals surface area contributed by atoms with E-state index in [9.17, 15) is 0 Å². The number of hydrogen-bond donors (Lipinski definition) is 1. The van der Waals surface area contributed by atoms with Gasteiger partial charge >= 0.3 is 0 Å². The Kier molecular flexibility index (Phi) is 3.44. The second kappa shape index (κ2) is 4.89. The summed E-state index contributed by atoms with van der Waals surface area (Å²) in [4.78, 5) is 7.64. The molecule has 2 rings (SSSR count). The van der Waals surface area contributed by atoms with Crippen LogP contribution in [0.25, 0.3) is 11.3 Å². The van der Waals surface area contributed by atoms with E-state index < -0.39 is 0 Å². The van der Waals surface area contributed by atoms with Crippen molar-refractivity contribution in [3.8, 4) is 17.3 Å². The van der Waals surface area contributed by atoms with Gasteiger partial charge in [-0.1, -0.05) is 45.0 Å². The maximum atomic E-state index is 8.71. The van der Waals surface area contributed by atoms with Crippen molar-refractivity contribution >= 4 is 0 Å². The molecule has 3 nitrogen and oxygen atoms in total. The number of imidazole rings is 1. The third-order valence-electron chi connectivity index (χ3n) is 3.20. The maximum absolute atomic E-state index is 8.71. The van der Waals surface area contributed by atoms with Gasteiger partial charge in [-0.2, -0.15) is 5.26 Å². The molecule has 0 aliphatic heterocycles. The van der Waals surface area contributed by atoms with Gasteiger partial charge in [-0.15, -0.1) is 0 Å². The molecule has 19 heavy (non-hydrogen) atoms. The van der Waals surface area contributed by atoms with Crippen LogP contribution in [0.3, 0.4) is 0 Å². The molecule has 0 bridgehead atoms. The highest BCUT2D eigenvalue weighted by atomic mass is 14.9. The van der Waals surface area contributed by atoms with Gasteiger partial charge in [0.05, 0.1) is 18.2 Å². The van der Waals surface area contributed by atoms with Crippen molar-refractivity contribution in [3.63, 3.8) is 0 Å². The van der Waals surface area contributed by atoms with Gasteiger partial charge in [0.2, 0.25) is 0 Å². The highest BCUT2D eigenvalue weighted by molar-refractivity contribution is 5.62. The van der Waals surface area contributed by atoms with Crippen LogP contribution in [0.15, 0.2) is 24.3 Å². The summed E-state index contributed by atoms with van der Waals surface area (Å²) in [6.07, 6.45) is 0.320. The van der Waals surface area contributed by atoms with Crippen LogP contribution in [0, 0.1) is 18.3 Å². The van der Waals surface area contributed by atoms with Crippen LogP contribution in [-0.4, -0.2) is 9.97 Å². The molecule has 2 aromatic rings. The highest BCUT2D eigenvalue weighted by Crippen LogP contribution is 2.26. The Morgan fingerprint density at radius 2 is 1.84 bits per heavy atom. The molecular weight excluding hydrogens is 234 g/mol. The number of aromatic nitrogens is 2. The summed E-state index contributed by atoms with van der Waals surface area (Å²) >= 11 is 0. The van der Waals surface area contributed by atoms with Gasteiger partial charge in [-0.05, 0) is 17.9 Å². The molecule has 0 aliphatic carbocycles. The lowest BCUT2D eigenvalue weighted by Crippen LogP contribution is -2.10. The molecule has 0 aliphatic rings. The lowest BCUT2D eigenvalue weighted by molar-refractivity contribution is 0.590. The minimum atomic E-state index is 0.158. The zero-order valence-electron chi connectivity index (χ0n) is 11.9. The largest absolute Gasteiger partial charge is 0.345 e. The quantitative estimate of drug-likeness (QED) is 0.886. The highest BCUT2D eigenvalue weighted by Gasteiger charge is 2.14. The molecule has 0 saturated heterocycles. The second-order valence-electron chi connectivity index (χ2n) is 5.82. The van der Waals surface area contributed by atoms with Gasteiger partial charge in [0.25, 0.3) is 0 Å². The van der Waals surface area contributed by atoms with E-state index >= 15 is 0 Å². The Hall–Kier alpha value is -2.08. The molecular formula is C16H19N3. The summed E-state index contributed by atoms with van der Waals surface area (Å²) < 4.78 is 0. The molecule has 1 heterocycles. The first-order valence-electron chi connectivity index (χ1n) is 6.45. The topological polar surface area (TPSA) is 52.5 Å². The SMILES string of the molecule is Cc1[nH]c(CC#N)nc1-c1ccc(C(C)(C)C)cc1. The second-order valence-corrected chi connectivity index (χ2v) is 5.82. The van der Waals surface area contributed by atoms with E-state index in [0.717, 1.165) is 22.8 Å². The molecule has 1 aromatic carbocycles. The first-order chi connectivity index (χ1) is 8.91. The van der Waals surface area contributed by atoms with Gasteiger partial charge in [0.15, 0.2) is 0 Å². The molecule has 0 amide bonds. The van der Waals surface area contributed by atoms with Crippen LogP contribution in [0.5, 0.6) is 0 Å². The van der Waals surface area contributed by atoms with E-state index in [1.807, 2.05) is 6.92 Å². The fourth-order valence-electron chi connectivity index (χ4n) is 2.09. The normalized spacial score (nSPS) is 11.3. The summed E-state index contributed by atoms with van der Waals surface area (Å²) in [6, 6.07) is 10.6. The zero-order valence-corrected chi connectivity index (χ0v) is 11.9. The number of rotatable bonds is 2. The van der Waals surface area contributed by atoms with E-state index in [1.54, 1.807) is 0 Å². The van der Waals surface area contributed by atoms with Crippen molar-refractivity contribution in [2.75, 3.05) is 0 Å². The number of aryl methyl sites for hydroxylation is 1. The fourth-order valence-corrected chi connectivity index (χ4v) is 2.09. The Labute approximate surface area is 114 Å². The first kappa shape index (κ1) is 13.4. The molecule has 0 saturated carbocycles. The van der Waals surface area contributed by atoms with Crippen molar-refractivity contribution < 1.29 is 0 Å². The number of benzene rings is 1. The summed E-state index contributed by atoms with van der Waals surface area (Å²) in [5.41, 5.74) is 4.50. The number of nitrogens with one attached hydrogen (secondary N) is 1. The van der Waals surface area contributed by atoms with Gasteiger partial charge < -0.3 is 4.98 Å². The Balaban J connectivity index is 2.35. The number of aromatic amines is 1. The number of H-pyrrole nitrogens is 1. The monoisotopic (exact) mass is 253 g/mol. The smallest absolute Gasteiger partial charge is 0.121 e. The predicted octanol–water partition coefficient (Wildman–Crippen LogP) is 3.75. The van der Waals surface area contributed by atoms with E-state index in [0.29, 0.717) is 6.42 Å². The fraction of sp³-hybridized carbons (Fsp3) is 0.375. The van der Waals surface area contributed by atoms with Gasteiger partial charge in [-0.25, -0.2) is 4.98 Å². The minimum Gasteiger partial charge on any atom is -0.345 e. The maximum Gasteiger partial charge on any atom is 0.121 e. The summed E-state index contributed by atoms with van der Waals surface area (Å²) in [5, 5.41) is 8.71. The average Bonchev–Trinajstić information content (AvgIpc) is 2.70. The third-order valence-corrected chi connectivity index (χ3v) is 3.20. The van der Waals surface area contributed by atoms with Crippen LogP contribution in [0.1, 0.15) is 37.9 Å². The van der Waals surface area contributed by atoms with Gasteiger partial charge in [-0.3, -0.25) is 0 Å². The molecule has 0 fully saturated rings. The molecule has 0 unspecified atom stereocenters. The predicted molar refractivity (Wildman–Crippen MR) is 76.8 cm³/mol. The van der Waals surface area contributed by atoms with Crippen molar-refractivity contribution in [2.45, 2.75) is 39.5 Å². The van der Waals surface area contributed by atoms with Crippen molar-refractivity contribution in [3.05, 3.63) is 41.3 Å². The lowest BCUT2D eigenvalue weighted by Gasteiger charge is -2.19. The molecule has 0 radical (unpaired) electrons. The summed E-state index contributed by atoms with van der Waals surface area (Å²) in [7, 11) is 0. The van der Waals surface area contributed by atoms with Gasteiger partial charge in [0, 0.05) is 11.3 Å². The summed E-state index contributed by atoms with van der Waals surface area (Å²) in [6.45, 7) is 8.59. The lowest BCUT2D eigenvalue weighted by atomic mass is 9.86. The van der Waals surface area contributed by atoms with E-state index in [-0.39, 0.29) is 5.41 Å². The van der Waals surface area contributed by atoms with Crippen LogP contribution >= 0.6 is 0 Å². The molecule has 0 spiro atoms. The molecule has 98 valence electrons. The van der Waals surface area contributed by atoms with Crippen molar-refractivity contribution in [1.29, 1.82) is 5.26 Å². The minimum absolute atomic E-state index is 0.158. The number of nitrogens with zero attached hydrogens (tertiary/aromatic N) is 2. The molecule has 0 atom stereocenters. The van der Waals surface area contributed by atoms with Crippen LogP contribution in [0.4, 0.5) is 0 Å². The van der Waals surface area contributed by atoms with E-state index in [2.05, 4.69) is 61.1 Å². The van der Waals surface area contributed by atoms with Crippen molar-refractivity contribution in [2.24, 2.45) is 0 Å². The Morgan fingerprint density at radius 3 is 2.37 bits per heavy atom. The van der Waals surface area contributed by atoms with Crippen LogP contribution in [0.2, 0.25) is 0 Å². The third kappa shape index (κ3) is 2.85. The number of hydrogen-bond acceptors (Lipinski definition) is 2. The number of nitriles is 1. The standard InChI is InChI=1S/C16H19N3/c1-11-15(19-14(18-11)9-10-17)12-5-7-13(8-6-12)16(2,3)4/h5-8H,9H2,1-4H3,(H,18,19). The summed E-state index contributed by atoms with van der Waals surface area (Å²) in [5.74, 6) is 0.731. The van der Waals surface area contributed by atoms with Gasteiger partial charge in [0.1, 0.15) is 5.82 Å². The molecule has 1 N–H and O–H groups in total. The zero-order chi connectivity index (χ0) is 14.0. The van der Waals surface area contributed by atoms with Crippen molar-refractivity contribution in [1.82, 2.24) is 9.97 Å². The van der Waals surface area contributed by atoms with E-state index in [1.165, 1.54) is 5.56 Å². The molecule has 1 aromatic heterocycles. The Bertz CT molecular complexity index is 607. The average molecular weight is 253 g/mol. The van der Waals surface area contributed by atoms with Crippen LogP contribution in [-0.2, 0) is 11.8 Å². The van der Waals surface area contributed by atoms with Crippen LogP contribution < -0.4 is 0 Å².